The van der Waals surface area contributed by atoms with E-state index >= 15 is 0 Å². The van der Waals surface area contributed by atoms with Crippen molar-refractivity contribution in [2.75, 3.05) is 12.8 Å². The standard InChI is InChI=1S/C23H21FN6OS/c1-29(14-18-13-25-30(15-18)20-5-3-2-4-6-20)22(31)16-32-23-26-21(27-28-23)12-9-17-7-10-19(24)11-8-17/h2-13,15H,14,16H2,1H3,(H,26,27,28)/b12-9+. The normalized spacial score (nSPS) is 11.2. The second-order valence-corrected chi connectivity index (χ2v) is 8.00. The molecule has 2 aromatic carbocycles. The topological polar surface area (TPSA) is 79.7 Å². The Kier molecular flexibility index (Phi) is 6.76. The number of halogens is 1. The summed E-state index contributed by atoms with van der Waals surface area (Å²) in [5, 5.41) is 11.8. The van der Waals surface area contributed by atoms with E-state index in [1.165, 1.54) is 23.9 Å². The molecule has 1 N–H and O–H groups in total. The number of aromatic amines is 1. The van der Waals surface area contributed by atoms with Gasteiger partial charge in [-0.3, -0.25) is 9.89 Å². The van der Waals surface area contributed by atoms with Crippen LogP contribution in [0.2, 0.25) is 0 Å². The summed E-state index contributed by atoms with van der Waals surface area (Å²) < 4.78 is 14.8. The zero-order valence-corrected chi connectivity index (χ0v) is 18.2. The molecule has 4 rings (SSSR count). The molecule has 7 nitrogen and oxygen atoms in total. The van der Waals surface area contributed by atoms with Crippen LogP contribution in [0.1, 0.15) is 17.0 Å². The number of para-hydroxylation sites is 1. The molecule has 2 aromatic heterocycles. The lowest BCUT2D eigenvalue weighted by molar-refractivity contribution is -0.127. The highest BCUT2D eigenvalue weighted by Crippen LogP contribution is 2.15. The Morgan fingerprint density at radius 1 is 1.16 bits per heavy atom. The smallest absolute Gasteiger partial charge is 0.233 e. The van der Waals surface area contributed by atoms with Crippen LogP contribution < -0.4 is 0 Å². The first-order valence-electron chi connectivity index (χ1n) is 9.88. The molecule has 9 heteroatoms. The Morgan fingerprint density at radius 3 is 2.72 bits per heavy atom. The van der Waals surface area contributed by atoms with Crippen LogP contribution in [0.15, 0.2) is 72.1 Å². The first-order chi connectivity index (χ1) is 15.6. The molecule has 2 heterocycles. The van der Waals surface area contributed by atoms with Crippen molar-refractivity contribution in [1.82, 2.24) is 29.9 Å². The van der Waals surface area contributed by atoms with Gasteiger partial charge in [-0.05, 0) is 35.9 Å². The van der Waals surface area contributed by atoms with Gasteiger partial charge >= 0.3 is 0 Å². The van der Waals surface area contributed by atoms with Crippen LogP contribution >= 0.6 is 11.8 Å². The first-order valence-corrected chi connectivity index (χ1v) is 10.9. The lowest BCUT2D eigenvalue weighted by Gasteiger charge is -2.15. The molecule has 0 spiro atoms. The maximum Gasteiger partial charge on any atom is 0.233 e. The molecular weight excluding hydrogens is 427 g/mol. The van der Waals surface area contributed by atoms with Crippen molar-refractivity contribution in [1.29, 1.82) is 0 Å². The Labute approximate surface area is 189 Å². The summed E-state index contributed by atoms with van der Waals surface area (Å²) in [5.41, 5.74) is 2.77. The first kappa shape index (κ1) is 21.5. The van der Waals surface area contributed by atoms with E-state index in [1.54, 1.807) is 41.0 Å². The molecule has 32 heavy (non-hydrogen) atoms. The van der Waals surface area contributed by atoms with Gasteiger partial charge in [0, 0.05) is 25.4 Å². The Hall–Kier alpha value is -3.72. The monoisotopic (exact) mass is 448 g/mol. The largest absolute Gasteiger partial charge is 0.341 e. The molecular formula is C23H21FN6OS. The molecule has 4 aromatic rings. The Balaban J connectivity index is 1.27. The third kappa shape index (κ3) is 5.70. The van der Waals surface area contributed by atoms with Crippen molar-refractivity contribution >= 4 is 29.8 Å². The number of carbonyl (C=O) groups is 1. The minimum atomic E-state index is -0.278. The summed E-state index contributed by atoms with van der Waals surface area (Å²) in [6.45, 7) is 0.464. The minimum Gasteiger partial charge on any atom is -0.341 e. The van der Waals surface area contributed by atoms with Crippen molar-refractivity contribution in [3.05, 3.63) is 89.8 Å². The second kappa shape index (κ2) is 10.1. The van der Waals surface area contributed by atoms with E-state index in [2.05, 4.69) is 20.3 Å². The predicted octanol–water partition coefficient (Wildman–Crippen LogP) is 4.05. The SMILES string of the molecule is CN(Cc1cnn(-c2ccccc2)c1)C(=O)CSc1n[nH]c(/C=C/c2ccc(F)cc2)n1. The van der Waals surface area contributed by atoms with Gasteiger partial charge in [-0.2, -0.15) is 5.10 Å². The average molecular weight is 449 g/mol. The van der Waals surface area contributed by atoms with Crippen molar-refractivity contribution in [3.8, 4) is 5.69 Å². The number of hydrogen-bond donors (Lipinski definition) is 1. The number of hydrogen-bond acceptors (Lipinski definition) is 5. The third-order valence-electron chi connectivity index (χ3n) is 4.61. The molecule has 0 unspecified atom stereocenters. The Morgan fingerprint density at radius 2 is 1.94 bits per heavy atom. The van der Waals surface area contributed by atoms with Crippen molar-refractivity contribution < 1.29 is 9.18 Å². The van der Waals surface area contributed by atoms with Crippen LogP contribution in [0.25, 0.3) is 17.8 Å². The maximum absolute atomic E-state index is 13.0. The number of benzene rings is 2. The van der Waals surface area contributed by atoms with Crippen molar-refractivity contribution in [2.24, 2.45) is 0 Å². The van der Waals surface area contributed by atoms with Gasteiger partial charge in [0.1, 0.15) is 11.6 Å². The summed E-state index contributed by atoms with van der Waals surface area (Å²) in [5.74, 6) is 0.476. The summed E-state index contributed by atoms with van der Waals surface area (Å²) in [4.78, 5) is 18.5. The lowest BCUT2D eigenvalue weighted by Crippen LogP contribution is -2.27. The predicted molar refractivity (Wildman–Crippen MR) is 122 cm³/mol. The van der Waals surface area contributed by atoms with E-state index in [0.29, 0.717) is 17.5 Å². The number of thioether (sulfide) groups is 1. The van der Waals surface area contributed by atoms with Crippen LogP contribution in [0, 0.1) is 5.82 Å². The van der Waals surface area contributed by atoms with E-state index < -0.39 is 0 Å². The Bertz CT molecular complexity index is 1200. The summed E-state index contributed by atoms with van der Waals surface area (Å²) in [6, 6.07) is 16.0. The third-order valence-corrected chi connectivity index (χ3v) is 5.44. The zero-order valence-electron chi connectivity index (χ0n) is 17.4. The van der Waals surface area contributed by atoms with Gasteiger partial charge in [0.2, 0.25) is 11.1 Å². The van der Waals surface area contributed by atoms with Crippen molar-refractivity contribution in [3.63, 3.8) is 0 Å². The average Bonchev–Trinajstić information content (AvgIpc) is 3.47. The van der Waals surface area contributed by atoms with Crippen LogP contribution in [0.5, 0.6) is 0 Å². The quantitative estimate of drug-likeness (QED) is 0.412. The number of amides is 1. The molecule has 0 aliphatic carbocycles. The van der Waals surface area contributed by atoms with Crippen molar-refractivity contribution in [2.45, 2.75) is 11.7 Å². The molecule has 0 aliphatic rings. The van der Waals surface area contributed by atoms with E-state index in [0.717, 1.165) is 16.8 Å². The van der Waals surface area contributed by atoms with Gasteiger partial charge < -0.3 is 4.90 Å². The van der Waals surface area contributed by atoms with Gasteiger partial charge in [-0.25, -0.2) is 14.1 Å². The highest BCUT2D eigenvalue weighted by atomic mass is 32.2. The highest BCUT2D eigenvalue weighted by Gasteiger charge is 2.13. The number of carbonyl (C=O) groups excluding carboxylic acids is 1. The molecule has 0 atom stereocenters. The summed E-state index contributed by atoms with van der Waals surface area (Å²) in [7, 11) is 1.76. The number of H-pyrrole nitrogens is 1. The molecule has 0 saturated heterocycles. The lowest BCUT2D eigenvalue weighted by atomic mass is 10.2. The van der Waals surface area contributed by atoms with E-state index in [1.807, 2.05) is 42.6 Å². The zero-order chi connectivity index (χ0) is 22.3. The van der Waals surface area contributed by atoms with Crippen LogP contribution in [-0.4, -0.2) is 48.6 Å². The van der Waals surface area contributed by atoms with Crippen LogP contribution in [-0.2, 0) is 11.3 Å². The maximum atomic E-state index is 13.0. The summed E-state index contributed by atoms with van der Waals surface area (Å²) in [6.07, 6.45) is 7.24. The number of nitrogens with one attached hydrogen (secondary N) is 1. The fourth-order valence-corrected chi connectivity index (χ4v) is 3.65. The number of nitrogens with zero attached hydrogens (tertiary/aromatic N) is 5. The van der Waals surface area contributed by atoms with Gasteiger partial charge in [0.15, 0.2) is 0 Å². The molecule has 0 aliphatic heterocycles. The van der Waals surface area contributed by atoms with E-state index in [-0.39, 0.29) is 17.5 Å². The van der Waals surface area contributed by atoms with Gasteiger partial charge in [-0.15, -0.1) is 5.10 Å². The minimum absolute atomic E-state index is 0.0318. The second-order valence-electron chi connectivity index (χ2n) is 7.06. The van der Waals surface area contributed by atoms with Crippen LogP contribution in [0.3, 0.4) is 0 Å². The van der Waals surface area contributed by atoms with E-state index in [9.17, 15) is 9.18 Å². The van der Waals surface area contributed by atoms with Crippen LogP contribution in [0.4, 0.5) is 4.39 Å². The van der Waals surface area contributed by atoms with E-state index in [4.69, 9.17) is 0 Å². The number of aromatic nitrogens is 5. The summed E-state index contributed by atoms with van der Waals surface area (Å²) >= 11 is 1.26. The molecule has 1 amide bonds. The fraction of sp³-hybridized carbons (Fsp3) is 0.130. The van der Waals surface area contributed by atoms with Gasteiger partial charge in [-0.1, -0.05) is 48.2 Å². The molecule has 0 fully saturated rings. The molecule has 0 radical (unpaired) electrons. The highest BCUT2D eigenvalue weighted by molar-refractivity contribution is 7.99. The number of rotatable bonds is 8. The fourth-order valence-electron chi connectivity index (χ4n) is 2.91. The molecule has 0 saturated carbocycles. The molecule has 162 valence electrons. The van der Waals surface area contributed by atoms with Gasteiger partial charge in [0.25, 0.3) is 0 Å². The molecule has 0 bridgehead atoms. The van der Waals surface area contributed by atoms with Gasteiger partial charge in [0.05, 0.1) is 17.6 Å².